The molecule has 0 bridgehead atoms. The van der Waals surface area contributed by atoms with Crippen LogP contribution in [0.25, 0.3) is 0 Å². The van der Waals surface area contributed by atoms with Crippen molar-refractivity contribution in [3.05, 3.63) is 29.3 Å². The van der Waals surface area contributed by atoms with Crippen LogP contribution >= 0.6 is 11.6 Å². The van der Waals surface area contributed by atoms with E-state index in [2.05, 4.69) is 5.32 Å². The number of halogens is 1. The van der Waals surface area contributed by atoms with Crippen LogP contribution in [0.2, 0.25) is 5.02 Å². The largest absolute Gasteiger partial charge is 0.481 e. The number of carbonyl (C=O) groups excluding carboxylic acids is 1. The summed E-state index contributed by atoms with van der Waals surface area (Å²) in [5, 5.41) is 12.1. The summed E-state index contributed by atoms with van der Waals surface area (Å²) in [4.78, 5) is 23.0. The molecule has 2 atom stereocenters. The zero-order valence-electron chi connectivity index (χ0n) is 12.3. The standard InChI is InChI=1S/C15H20ClNO4/c1-9(2)11(15(19)20)8-17-14(18)10(3)21-13-7-5-4-6-12(13)16/h4-7,9-11H,8H2,1-3H3,(H,17,18)(H,19,20). The lowest BCUT2D eigenvalue weighted by atomic mass is 9.96. The van der Waals surface area contributed by atoms with Crippen LogP contribution in [0.1, 0.15) is 20.8 Å². The van der Waals surface area contributed by atoms with E-state index in [1.54, 1.807) is 45.0 Å². The van der Waals surface area contributed by atoms with E-state index in [9.17, 15) is 9.59 Å². The van der Waals surface area contributed by atoms with Crippen molar-refractivity contribution >= 4 is 23.5 Å². The molecule has 0 aliphatic carbocycles. The smallest absolute Gasteiger partial charge is 0.308 e. The minimum Gasteiger partial charge on any atom is -0.481 e. The van der Waals surface area contributed by atoms with Crippen molar-refractivity contribution in [3.63, 3.8) is 0 Å². The lowest BCUT2D eigenvalue weighted by molar-refractivity contribution is -0.143. The van der Waals surface area contributed by atoms with Crippen molar-refractivity contribution in [1.29, 1.82) is 0 Å². The van der Waals surface area contributed by atoms with Crippen molar-refractivity contribution in [2.24, 2.45) is 11.8 Å². The molecule has 0 saturated carbocycles. The maximum atomic E-state index is 11.9. The van der Waals surface area contributed by atoms with Gasteiger partial charge in [-0.1, -0.05) is 37.6 Å². The van der Waals surface area contributed by atoms with Crippen molar-refractivity contribution in [2.45, 2.75) is 26.9 Å². The fraction of sp³-hybridized carbons (Fsp3) is 0.467. The zero-order valence-corrected chi connectivity index (χ0v) is 13.1. The van der Waals surface area contributed by atoms with Gasteiger partial charge in [-0.3, -0.25) is 9.59 Å². The Morgan fingerprint density at radius 2 is 1.90 bits per heavy atom. The van der Waals surface area contributed by atoms with Gasteiger partial charge >= 0.3 is 5.97 Å². The lowest BCUT2D eigenvalue weighted by Crippen LogP contribution is -2.41. The Morgan fingerprint density at radius 3 is 2.43 bits per heavy atom. The molecule has 5 nitrogen and oxygen atoms in total. The second kappa shape index (κ2) is 7.88. The molecule has 0 spiro atoms. The summed E-state index contributed by atoms with van der Waals surface area (Å²) in [6.45, 7) is 5.26. The molecule has 0 aliphatic heterocycles. The van der Waals surface area contributed by atoms with E-state index in [0.29, 0.717) is 10.8 Å². The van der Waals surface area contributed by atoms with Crippen molar-refractivity contribution in [1.82, 2.24) is 5.32 Å². The van der Waals surface area contributed by atoms with Gasteiger partial charge in [-0.05, 0) is 25.0 Å². The number of amides is 1. The van der Waals surface area contributed by atoms with Crippen LogP contribution in [-0.2, 0) is 9.59 Å². The van der Waals surface area contributed by atoms with Crippen LogP contribution in [0.5, 0.6) is 5.75 Å². The number of hydrogen-bond acceptors (Lipinski definition) is 3. The highest BCUT2D eigenvalue weighted by molar-refractivity contribution is 6.32. The Morgan fingerprint density at radius 1 is 1.29 bits per heavy atom. The molecule has 1 rings (SSSR count). The minimum atomic E-state index is -0.926. The van der Waals surface area contributed by atoms with E-state index < -0.39 is 18.0 Å². The van der Waals surface area contributed by atoms with E-state index in [4.69, 9.17) is 21.4 Å². The van der Waals surface area contributed by atoms with Crippen LogP contribution in [-0.4, -0.2) is 29.6 Å². The van der Waals surface area contributed by atoms with E-state index >= 15 is 0 Å². The Hall–Kier alpha value is -1.75. The molecule has 1 amide bonds. The van der Waals surface area contributed by atoms with Crippen LogP contribution in [0.4, 0.5) is 0 Å². The third-order valence-electron chi connectivity index (χ3n) is 3.13. The molecule has 0 fully saturated rings. The third-order valence-corrected chi connectivity index (χ3v) is 3.44. The first-order chi connectivity index (χ1) is 9.82. The van der Waals surface area contributed by atoms with Crippen LogP contribution in [0, 0.1) is 11.8 Å². The summed E-state index contributed by atoms with van der Waals surface area (Å²) in [6, 6.07) is 6.85. The molecule has 116 valence electrons. The maximum Gasteiger partial charge on any atom is 0.308 e. The number of para-hydroxylation sites is 1. The van der Waals surface area contributed by atoms with Crippen LogP contribution < -0.4 is 10.1 Å². The molecule has 0 aromatic heterocycles. The number of ether oxygens (including phenoxy) is 1. The van der Waals surface area contributed by atoms with Crippen molar-refractivity contribution in [3.8, 4) is 5.75 Å². The van der Waals surface area contributed by atoms with Gasteiger partial charge in [-0.15, -0.1) is 0 Å². The Kier molecular flexibility index (Phi) is 6.49. The topological polar surface area (TPSA) is 75.6 Å². The Bertz CT molecular complexity index is 504. The highest BCUT2D eigenvalue weighted by Gasteiger charge is 2.24. The van der Waals surface area contributed by atoms with E-state index in [1.165, 1.54) is 0 Å². The van der Waals surface area contributed by atoms with Gasteiger partial charge in [0.15, 0.2) is 6.10 Å². The second-order valence-corrected chi connectivity index (χ2v) is 5.53. The molecule has 21 heavy (non-hydrogen) atoms. The average molecular weight is 314 g/mol. The average Bonchev–Trinajstić information content (AvgIpc) is 2.40. The number of nitrogens with one attached hydrogen (secondary N) is 1. The molecular weight excluding hydrogens is 294 g/mol. The summed E-state index contributed by atoms with van der Waals surface area (Å²) in [6.07, 6.45) is -0.758. The Labute approximate surface area is 129 Å². The molecule has 0 saturated heterocycles. The second-order valence-electron chi connectivity index (χ2n) is 5.12. The highest BCUT2D eigenvalue weighted by Crippen LogP contribution is 2.24. The number of hydrogen-bond donors (Lipinski definition) is 2. The molecule has 0 aliphatic rings. The molecule has 0 radical (unpaired) electrons. The van der Waals surface area contributed by atoms with Crippen LogP contribution in [0.3, 0.4) is 0 Å². The summed E-state index contributed by atoms with van der Waals surface area (Å²) >= 11 is 5.95. The molecule has 1 aromatic rings. The molecule has 1 aromatic carbocycles. The predicted molar refractivity (Wildman–Crippen MR) is 80.5 cm³/mol. The van der Waals surface area contributed by atoms with Crippen molar-refractivity contribution < 1.29 is 19.4 Å². The van der Waals surface area contributed by atoms with E-state index in [0.717, 1.165) is 0 Å². The normalized spacial score (nSPS) is 13.6. The first-order valence-corrected chi connectivity index (χ1v) is 7.12. The molecular formula is C15H20ClNO4. The number of carbonyl (C=O) groups is 2. The summed E-state index contributed by atoms with van der Waals surface area (Å²) < 4.78 is 5.47. The first-order valence-electron chi connectivity index (χ1n) is 6.74. The maximum absolute atomic E-state index is 11.9. The quantitative estimate of drug-likeness (QED) is 0.811. The van der Waals surface area contributed by atoms with Gasteiger partial charge in [-0.25, -0.2) is 0 Å². The fourth-order valence-corrected chi connectivity index (χ4v) is 1.93. The van der Waals surface area contributed by atoms with Gasteiger partial charge in [0.05, 0.1) is 10.9 Å². The third kappa shape index (κ3) is 5.27. The fourth-order valence-electron chi connectivity index (χ4n) is 1.75. The van der Waals surface area contributed by atoms with Crippen LogP contribution in [0.15, 0.2) is 24.3 Å². The van der Waals surface area contributed by atoms with Gasteiger partial charge in [0, 0.05) is 6.54 Å². The van der Waals surface area contributed by atoms with E-state index in [-0.39, 0.29) is 18.4 Å². The molecule has 6 heteroatoms. The SMILES string of the molecule is CC(Oc1ccccc1Cl)C(=O)NCC(C(=O)O)C(C)C. The predicted octanol–water partition coefficient (Wildman–Crippen LogP) is 2.58. The molecule has 0 heterocycles. The van der Waals surface area contributed by atoms with E-state index in [1.807, 2.05) is 0 Å². The summed E-state index contributed by atoms with van der Waals surface area (Å²) in [5.74, 6) is -1.57. The van der Waals surface area contributed by atoms with Crippen molar-refractivity contribution in [2.75, 3.05) is 6.54 Å². The monoisotopic (exact) mass is 313 g/mol. The van der Waals surface area contributed by atoms with Gasteiger partial charge in [0.1, 0.15) is 5.75 Å². The number of aliphatic carboxylic acids is 1. The number of carboxylic acid groups (broad SMARTS) is 1. The van der Waals surface area contributed by atoms with Gasteiger partial charge in [-0.2, -0.15) is 0 Å². The zero-order chi connectivity index (χ0) is 16.0. The van der Waals surface area contributed by atoms with Gasteiger partial charge < -0.3 is 15.2 Å². The minimum absolute atomic E-state index is 0.0670. The molecule has 2 N–H and O–H groups in total. The molecule has 2 unspecified atom stereocenters. The summed E-state index contributed by atoms with van der Waals surface area (Å²) in [5.41, 5.74) is 0. The van der Waals surface area contributed by atoms with Gasteiger partial charge in [0.25, 0.3) is 5.91 Å². The Balaban J connectivity index is 2.55. The first kappa shape index (κ1) is 17.3. The number of benzene rings is 1. The van der Waals surface area contributed by atoms with Gasteiger partial charge in [0.2, 0.25) is 0 Å². The number of carboxylic acids is 1. The summed E-state index contributed by atoms with van der Waals surface area (Å²) in [7, 11) is 0. The highest BCUT2D eigenvalue weighted by atomic mass is 35.5. The number of rotatable bonds is 7. The lowest BCUT2D eigenvalue weighted by Gasteiger charge is -2.19.